The summed E-state index contributed by atoms with van der Waals surface area (Å²) in [6.07, 6.45) is 0. The van der Waals surface area contributed by atoms with Gasteiger partial charge in [-0.3, -0.25) is 4.79 Å². The predicted octanol–water partition coefficient (Wildman–Crippen LogP) is 2.48. The molecule has 0 bridgehead atoms. The molecule has 1 amide bonds. The van der Waals surface area contributed by atoms with Crippen LogP contribution in [0.4, 0.5) is 0 Å². The van der Waals surface area contributed by atoms with Crippen molar-refractivity contribution in [1.82, 2.24) is 20.5 Å². The van der Waals surface area contributed by atoms with Crippen molar-refractivity contribution in [3.63, 3.8) is 0 Å². The molecule has 2 aromatic heterocycles. The number of hydrogen-bond acceptors (Lipinski definition) is 5. The fourth-order valence-corrected chi connectivity index (χ4v) is 2.28. The molecule has 0 saturated heterocycles. The van der Waals surface area contributed by atoms with E-state index >= 15 is 0 Å². The van der Waals surface area contributed by atoms with Crippen molar-refractivity contribution in [3.05, 3.63) is 38.0 Å². The maximum absolute atomic E-state index is 11.9. The molecule has 1 N–H and O–H groups in total. The van der Waals surface area contributed by atoms with E-state index in [9.17, 15) is 4.79 Å². The third-order valence-electron chi connectivity index (χ3n) is 2.03. The topological polar surface area (TPSA) is 67.8 Å². The first-order valence-corrected chi connectivity index (χ1v) is 6.58. The number of aryl methyl sites for hydroxylation is 1. The van der Waals surface area contributed by atoms with Gasteiger partial charge in [-0.1, -0.05) is 23.2 Å². The predicted molar refractivity (Wildman–Crippen MR) is 70.1 cm³/mol. The summed E-state index contributed by atoms with van der Waals surface area (Å²) in [6.45, 7) is 2.23. The fourth-order valence-electron chi connectivity index (χ4n) is 1.25. The van der Waals surface area contributed by atoms with Gasteiger partial charge in [-0.05, 0) is 13.0 Å². The molecule has 0 aliphatic rings. The fraction of sp³-hybridized carbons (Fsp3) is 0.200. The molecule has 0 atom stereocenters. The van der Waals surface area contributed by atoms with Crippen LogP contribution < -0.4 is 5.32 Å². The smallest absolute Gasteiger partial charge is 0.254 e. The summed E-state index contributed by atoms with van der Waals surface area (Å²) in [5.41, 5.74) is 1.13. The van der Waals surface area contributed by atoms with Crippen molar-refractivity contribution in [2.24, 2.45) is 0 Å². The molecule has 18 heavy (non-hydrogen) atoms. The lowest BCUT2D eigenvalue weighted by atomic mass is 10.3. The summed E-state index contributed by atoms with van der Waals surface area (Å²) >= 11 is 12.9. The second-order valence-corrected chi connectivity index (χ2v) is 5.12. The molecule has 0 aliphatic heterocycles. The van der Waals surface area contributed by atoms with Gasteiger partial charge in [0.25, 0.3) is 5.91 Å². The van der Waals surface area contributed by atoms with Gasteiger partial charge in [-0.15, -0.1) is 21.5 Å². The van der Waals surface area contributed by atoms with E-state index < -0.39 is 0 Å². The number of nitrogens with one attached hydrogen (secondary N) is 1. The van der Waals surface area contributed by atoms with Gasteiger partial charge in [0.2, 0.25) is 0 Å². The average molecular weight is 303 g/mol. The highest BCUT2D eigenvalue weighted by molar-refractivity contribution is 7.09. The Kier molecular flexibility index (Phi) is 4.11. The molecule has 0 spiro atoms. The number of nitrogens with zero attached hydrogens (tertiary/aromatic N) is 3. The summed E-state index contributed by atoms with van der Waals surface area (Å²) in [5, 5.41) is 12.7. The van der Waals surface area contributed by atoms with Crippen LogP contribution in [0.15, 0.2) is 11.4 Å². The Morgan fingerprint density at radius 2 is 2.22 bits per heavy atom. The van der Waals surface area contributed by atoms with Gasteiger partial charge in [0.05, 0.1) is 12.1 Å². The Morgan fingerprint density at radius 3 is 2.89 bits per heavy atom. The van der Waals surface area contributed by atoms with Crippen LogP contribution in [0.3, 0.4) is 0 Å². The first-order chi connectivity index (χ1) is 8.56. The van der Waals surface area contributed by atoms with Crippen molar-refractivity contribution in [2.75, 3.05) is 0 Å². The van der Waals surface area contributed by atoms with Crippen LogP contribution in [0.2, 0.25) is 10.3 Å². The largest absolute Gasteiger partial charge is 0.345 e. The molecule has 0 fully saturated rings. The highest BCUT2D eigenvalue weighted by atomic mass is 35.5. The van der Waals surface area contributed by atoms with E-state index in [1.54, 1.807) is 0 Å². The van der Waals surface area contributed by atoms with Gasteiger partial charge in [-0.25, -0.2) is 4.98 Å². The Labute approximate surface area is 117 Å². The van der Waals surface area contributed by atoms with Gasteiger partial charge in [-0.2, -0.15) is 0 Å². The Bertz CT molecular complexity index is 587. The molecule has 2 aromatic rings. The van der Waals surface area contributed by atoms with Crippen LogP contribution >= 0.6 is 34.5 Å². The Hall–Kier alpha value is -1.24. The van der Waals surface area contributed by atoms with Crippen LogP contribution in [0.1, 0.15) is 21.1 Å². The number of halogens is 2. The zero-order valence-corrected chi connectivity index (χ0v) is 11.6. The molecule has 0 radical (unpaired) electrons. The molecule has 94 valence electrons. The first kappa shape index (κ1) is 13.2. The molecular weight excluding hydrogens is 295 g/mol. The van der Waals surface area contributed by atoms with E-state index in [0.717, 1.165) is 10.7 Å². The van der Waals surface area contributed by atoms with E-state index in [1.165, 1.54) is 17.4 Å². The van der Waals surface area contributed by atoms with Crippen molar-refractivity contribution in [2.45, 2.75) is 13.5 Å². The lowest BCUT2D eigenvalue weighted by molar-refractivity contribution is 0.0950. The van der Waals surface area contributed by atoms with Gasteiger partial charge < -0.3 is 5.32 Å². The number of rotatable bonds is 3. The number of thiazole rings is 1. The number of hydrogen-bond donors (Lipinski definition) is 1. The molecule has 8 heteroatoms. The third kappa shape index (κ3) is 3.16. The van der Waals surface area contributed by atoms with Crippen molar-refractivity contribution in [3.8, 4) is 0 Å². The summed E-state index contributed by atoms with van der Waals surface area (Å²) in [7, 11) is 0. The second kappa shape index (κ2) is 5.60. The first-order valence-electron chi connectivity index (χ1n) is 4.94. The Balaban J connectivity index is 2.05. The van der Waals surface area contributed by atoms with E-state index in [1.807, 2.05) is 12.3 Å². The van der Waals surface area contributed by atoms with Gasteiger partial charge in [0.15, 0.2) is 10.3 Å². The zero-order chi connectivity index (χ0) is 13.1. The minimum atomic E-state index is -0.357. The second-order valence-electron chi connectivity index (χ2n) is 3.44. The molecule has 0 unspecified atom stereocenters. The minimum Gasteiger partial charge on any atom is -0.345 e. The lowest BCUT2D eigenvalue weighted by Crippen LogP contribution is -2.23. The molecule has 0 saturated carbocycles. The van der Waals surface area contributed by atoms with Crippen molar-refractivity contribution >= 4 is 40.4 Å². The van der Waals surface area contributed by atoms with E-state index in [0.29, 0.717) is 6.54 Å². The highest BCUT2D eigenvalue weighted by Gasteiger charge is 2.13. The number of carbonyl (C=O) groups is 1. The molecule has 2 rings (SSSR count). The van der Waals surface area contributed by atoms with Crippen LogP contribution in [0, 0.1) is 6.92 Å². The normalized spacial score (nSPS) is 10.4. The number of carbonyl (C=O) groups excluding carboxylic acids is 1. The SMILES string of the molecule is Cc1csc(CNC(=O)c2cc(Cl)nnc2Cl)n1. The van der Waals surface area contributed by atoms with E-state index in [4.69, 9.17) is 23.2 Å². The lowest BCUT2D eigenvalue weighted by Gasteiger charge is -2.04. The van der Waals surface area contributed by atoms with Crippen LogP contribution in [-0.4, -0.2) is 21.1 Å². The quantitative estimate of drug-likeness (QED) is 0.946. The maximum atomic E-state index is 11.9. The molecular formula is C10H8Cl2N4OS. The standard InChI is InChI=1S/C10H8Cl2N4OS/c1-5-4-18-8(14-5)3-13-10(17)6-2-7(11)15-16-9(6)12/h2,4H,3H2,1H3,(H,13,17). The van der Waals surface area contributed by atoms with Gasteiger partial charge in [0.1, 0.15) is 5.01 Å². The zero-order valence-electron chi connectivity index (χ0n) is 9.28. The number of aromatic nitrogens is 3. The average Bonchev–Trinajstić information content (AvgIpc) is 2.75. The molecule has 2 heterocycles. The summed E-state index contributed by atoms with van der Waals surface area (Å²) in [5.74, 6) is -0.357. The molecule has 0 aromatic carbocycles. The number of amides is 1. The van der Waals surface area contributed by atoms with Crippen LogP contribution in [-0.2, 0) is 6.54 Å². The van der Waals surface area contributed by atoms with Crippen LogP contribution in [0.5, 0.6) is 0 Å². The maximum Gasteiger partial charge on any atom is 0.254 e. The van der Waals surface area contributed by atoms with E-state index in [2.05, 4.69) is 20.5 Å². The Morgan fingerprint density at radius 1 is 1.44 bits per heavy atom. The monoisotopic (exact) mass is 302 g/mol. The summed E-state index contributed by atoms with van der Waals surface area (Å²) in [4.78, 5) is 16.1. The minimum absolute atomic E-state index is 0.0206. The van der Waals surface area contributed by atoms with Crippen molar-refractivity contribution < 1.29 is 4.79 Å². The molecule has 5 nitrogen and oxygen atoms in total. The molecule has 0 aliphatic carbocycles. The van der Waals surface area contributed by atoms with Gasteiger partial charge in [0, 0.05) is 11.1 Å². The summed E-state index contributed by atoms with van der Waals surface area (Å²) < 4.78 is 0. The third-order valence-corrected chi connectivity index (χ3v) is 3.46. The van der Waals surface area contributed by atoms with E-state index in [-0.39, 0.29) is 21.8 Å². The summed E-state index contributed by atoms with van der Waals surface area (Å²) in [6, 6.07) is 1.37. The van der Waals surface area contributed by atoms with Crippen molar-refractivity contribution in [1.29, 1.82) is 0 Å². The van der Waals surface area contributed by atoms with Crippen LogP contribution in [0.25, 0.3) is 0 Å². The highest BCUT2D eigenvalue weighted by Crippen LogP contribution is 2.15. The van der Waals surface area contributed by atoms with Gasteiger partial charge >= 0.3 is 0 Å².